The van der Waals surface area contributed by atoms with E-state index in [2.05, 4.69) is 10.1 Å². The highest BCUT2D eigenvalue weighted by atomic mass is 35.5. The Labute approximate surface area is 166 Å². The molecule has 0 spiro atoms. The van der Waals surface area contributed by atoms with E-state index in [1.54, 1.807) is 30.3 Å². The van der Waals surface area contributed by atoms with Gasteiger partial charge in [-0.15, -0.1) is 0 Å². The lowest BCUT2D eigenvalue weighted by Crippen LogP contribution is -2.25. The van der Waals surface area contributed by atoms with E-state index in [1.807, 2.05) is 0 Å². The van der Waals surface area contributed by atoms with Crippen LogP contribution in [0.25, 0.3) is 0 Å². The van der Waals surface area contributed by atoms with E-state index < -0.39 is 6.61 Å². The number of methoxy groups -OCH3 is 1. The van der Waals surface area contributed by atoms with Crippen LogP contribution >= 0.6 is 23.2 Å². The van der Waals surface area contributed by atoms with Crippen molar-refractivity contribution in [2.75, 3.05) is 13.7 Å². The number of ether oxygens (including phenoxy) is 2. The Bertz CT molecular complexity index is 788. The molecule has 0 fully saturated rings. The zero-order chi connectivity index (χ0) is 19.8. The molecule has 0 heterocycles. The fourth-order valence-electron chi connectivity index (χ4n) is 2.47. The predicted molar refractivity (Wildman–Crippen MR) is 101 cm³/mol. The third-order valence-corrected chi connectivity index (χ3v) is 4.40. The topological polar surface area (TPSA) is 47.6 Å². The molecule has 2 aromatic rings. The number of amides is 1. The minimum atomic E-state index is -2.92. The number of carbonyl (C=O) groups excluding carboxylic acids is 1. The van der Waals surface area contributed by atoms with Crippen LogP contribution in [0.5, 0.6) is 11.5 Å². The number of halogens is 4. The number of aryl methyl sites for hydroxylation is 1. The molecule has 2 rings (SSSR count). The summed E-state index contributed by atoms with van der Waals surface area (Å²) in [4.78, 5) is 12.0. The average Bonchev–Trinajstić information content (AvgIpc) is 2.61. The molecule has 2 aromatic carbocycles. The molecule has 0 aliphatic heterocycles. The van der Waals surface area contributed by atoms with Gasteiger partial charge in [0.25, 0.3) is 0 Å². The van der Waals surface area contributed by atoms with Crippen molar-refractivity contribution >= 4 is 29.1 Å². The zero-order valence-electron chi connectivity index (χ0n) is 14.6. The summed E-state index contributed by atoms with van der Waals surface area (Å²) in [6.45, 7) is -2.51. The van der Waals surface area contributed by atoms with Crippen molar-refractivity contribution in [1.29, 1.82) is 0 Å². The number of rotatable bonds is 9. The highest BCUT2D eigenvalue weighted by Crippen LogP contribution is 2.29. The van der Waals surface area contributed by atoms with Gasteiger partial charge in [-0.05, 0) is 48.2 Å². The maximum atomic E-state index is 12.3. The molecule has 1 amide bonds. The summed E-state index contributed by atoms with van der Waals surface area (Å²) in [6, 6.07) is 9.86. The molecule has 146 valence electrons. The van der Waals surface area contributed by atoms with Crippen molar-refractivity contribution in [3.63, 3.8) is 0 Å². The van der Waals surface area contributed by atoms with Crippen molar-refractivity contribution in [3.05, 3.63) is 57.6 Å². The first-order valence-corrected chi connectivity index (χ1v) is 8.97. The molecular formula is C19H19Cl2F2NO3. The molecule has 0 unspecified atom stereocenters. The standard InChI is InChI=1S/C19H19Cl2F2NO3/c1-26-17-10-12(2-6-16(17)27-19(22)23)8-9-24-18(25)7-4-13-3-5-14(20)11-15(13)21/h2-3,5-6,10-11,19H,4,7-9H2,1H3,(H,24,25). The highest BCUT2D eigenvalue weighted by molar-refractivity contribution is 6.35. The van der Waals surface area contributed by atoms with Gasteiger partial charge in [-0.3, -0.25) is 4.79 Å². The Morgan fingerprint density at radius 1 is 1.11 bits per heavy atom. The first-order chi connectivity index (χ1) is 12.9. The van der Waals surface area contributed by atoms with Gasteiger partial charge in [0.15, 0.2) is 11.5 Å². The fourth-order valence-corrected chi connectivity index (χ4v) is 2.97. The van der Waals surface area contributed by atoms with Gasteiger partial charge in [0.1, 0.15) is 0 Å². The summed E-state index contributed by atoms with van der Waals surface area (Å²) in [5.41, 5.74) is 1.69. The van der Waals surface area contributed by atoms with Crippen molar-refractivity contribution in [3.8, 4) is 11.5 Å². The molecule has 0 saturated carbocycles. The molecule has 0 aliphatic carbocycles. The maximum absolute atomic E-state index is 12.3. The molecule has 8 heteroatoms. The first-order valence-electron chi connectivity index (χ1n) is 8.21. The number of benzene rings is 2. The van der Waals surface area contributed by atoms with Crippen molar-refractivity contribution in [2.45, 2.75) is 25.9 Å². The quantitative estimate of drug-likeness (QED) is 0.631. The molecule has 0 atom stereocenters. The second-order valence-electron chi connectivity index (χ2n) is 5.70. The maximum Gasteiger partial charge on any atom is 0.387 e. The van der Waals surface area contributed by atoms with Crippen LogP contribution < -0.4 is 14.8 Å². The summed E-state index contributed by atoms with van der Waals surface area (Å²) in [5.74, 6) is 0.0854. The Morgan fingerprint density at radius 2 is 1.89 bits per heavy atom. The van der Waals surface area contributed by atoms with Gasteiger partial charge < -0.3 is 14.8 Å². The fraction of sp³-hybridized carbons (Fsp3) is 0.316. The van der Waals surface area contributed by atoms with E-state index in [1.165, 1.54) is 13.2 Å². The van der Waals surface area contributed by atoms with Crippen LogP contribution in [0.2, 0.25) is 10.0 Å². The average molecular weight is 418 g/mol. The largest absolute Gasteiger partial charge is 0.493 e. The molecular weight excluding hydrogens is 399 g/mol. The molecule has 0 aliphatic rings. The van der Waals surface area contributed by atoms with E-state index >= 15 is 0 Å². The van der Waals surface area contributed by atoms with Crippen LogP contribution in [0.3, 0.4) is 0 Å². The summed E-state index contributed by atoms with van der Waals surface area (Å²) in [7, 11) is 1.38. The molecule has 0 aromatic heterocycles. The lowest BCUT2D eigenvalue weighted by molar-refractivity contribution is -0.121. The third kappa shape index (κ3) is 6.88. The normalized spacial score (nSPS) is 10.7. The Kier molecular flexibility index (Phi) is 8.13. The van der Waals surface area contributed by atoms with Crippen LogP contribution in [-0.4, -0.2) is 26.2 Å². The number of hydrogen-bond donors (Lipinski definition) is 1. The van der Waals surface area contributed by atoms with Gasteiger partial charge in [0, 0.05) is 23.0 Å². The van der Waals surface area contributed by atoms with Crippen LogP contribution in [-0.2, 0) is 17.6 Å². The monoisotopic (exact) mass is 417 g/mol. The summed E-state index contributed by atoms with van der Waals surface area (Å²) < 4.78 is 34.1. The van der Waals surface area contributed by atoms with Crippen molar-refractivity contribution in [1.82, 2.24) is 5.32 Å². The molecule has 1 N–H and O–H groups in total. The predicted octanol–water partition coefficient (Wildman–Crippen LogP) is 4.89. The van der Waals surface area contributed by atoms with E-state index in [0.29, 0.717) is 35.9 Å². The molecule has 4 nitrogen and oxygen atoms in total. The first kappa shape index (κ1) is 21.3. The van der Waals surface area contributed by atoms with Crippen molar-refractivity contribution < 1.29 is 23.0 Å². The summed E-state index contributed by atoms with van der Waals surface area (Å²) >= 11 is 11.9. The number of hydrogen-bond acceptors (Lipinski definition) is 3. The molecule has 0 saturated heterocycles. The van der Waals surface area contributed by atoms with Gasteiger partial charge >= 0.3 is 6.61 Å². The Morgan fingerprint density at radius 3 is 2.56 bits per heavy atom. The molecule has 0 bridgehead atoms. The van der Waals surface area contributed by atoms with E-state index in [9.17, 15) is 13.6 Å². The highest BCUT2D eigenvalue weighted by Gasteiger charge is 2.11. The molecule has 0 radical (unpaired) electrons. The van der Waals surface area contributed by atoms with E-state index in [4.69, 9.17) is 27.9 Å². The smallest absolute Gasteiger partial charge is 0.387 e. The van der Waals surface area contributed by atoms with Crippen LogP contribution in [0.1, 0.15) is 17.5 Å². The van der Waals surface area contributed by atoms with Gasteiger partial charge in [-0.25, -0.2) is 0 Å². The minimum Gasteiger partial charge on any atom is -0.493 e. The third-order valence-electron chi connectivity index (χ3n) is 3.82. The van der Waals surface area contributed by atoms with E-state index in [0.717, 1.165) is 11.1 Å². The number of carbonyl (C=O) groups is 1. The summed E-state index contributed by atoms with van der Waals surface area (Å²) in [5, 5.41) is 3.90. The van der Waals surface area contributed by atoms with Crippen LogP contribution in [0, 0.1) is 0 Å². The Balaban J connectivity index is 1.80. The van der Waals surface area contributed by atoms with Crippen molar-refractivity contribution in [2.24, 2.45) is 0 Å². The minimum absolute atomic E-state index is 0.0277. The SMILES string of the molecule is COc1cc(CCNC(=O)CCc2ccc(Cl)cc2Cl)ccc1OC(F)F. The Hall–Kier alpha value is -2.05. The zero-order valence-corrected chi connectivity index (χ0v) is 16.1. The second kappa shape index (κ2) is 10.3. The second-order valence-corrected chi connectivity index (χ2v) is 6.54. The molecule has 27 heavy (non-hydrogen) atoms. The summed E-state index contributed by atoms with van der Waals surface area (Å²) in [6.07, 6.45) is 1.33. The number of nitrogens with one attached hydrogen (secondary N) is 1. The van der Waals surface area contributed by atoms with Gasteiger partial charge in [0.2, 0.25) is 5.91 Å². The van der Waals surface area contributed by atoms with Gasteiger partial charge in [-0.1, -0.05) is 35.3 Å². The lowest BCUT2D eigenvalue weighted by atomic mass is 10.1. The van der Waals surface area contributed by atoms with Gasteiger partial charge in [-0.2, -0.15) is 8.78 Å². The van der Waals surface area contributed by atoms with E-state index in [-0.39, 0.29) is 17.4 Å². The number of alkyl halides is 2. The van der Waals surface area contributed by atoms with Gasteiger partial charge in [0.05, 0.1) is 7.11 Å². The van der Waals surface area contributed by atoms with Crippen LogP contribution in [0.4, 0.5) is 8.78 Å². The van der Waals surface area contributed by atoms with Crippen LogP contribution in [0.15, 0.2) is 36.4 Å². The lowest BCUT2D eigenvalue weighted by Gasteiger charge is -2.12.